The van der Waals surface area contributed by atoms with E-state index < -0.39 is 11.9 Å². The molecule has 2 aromatic rings. The monoisotopic (exact) mass is 292 g/mol. The van der Waals surface area contributed by atoms with Gasteiger partial charge in [0.15, 0.2) is 5.76 Å². The predicted octanol–water partition coefficient (Wildman–Crippen LogP) is 1.82. The molecule has 2 N–H and O–H groups in total. The first-order valence-corrected chi connectivity index (χ1v) is 7.19. The molecule has 0 unspecified atom stereocenters. The molecule has 2 amide bonds. The molecular weight excluding hydrogens is 276 g/mol. The largest absolute Gasteiger partial charge is 0.459 e. The van der Waals surface area contributed by atoms with Gasteiger partial charge in [0, 0.05) is 11.4 Å². The van der Waals surface area contributed by atoms with Crippen LogP contribution in [0.5, 0.6) is 0 Å². The fraction of sp³-hybridized carbons (Fsp3) is 0.286. The second-order valence-electron chi connectivity index (χ2n) is 4.29. The molecule has 20 heavy (non-hydrogen) atoms. The van der Waals surface area contributed by atoms with E-state index in [4.69, 9.17) is 4.42 Å². The summed E-state index contributed by atoms with van der Waals surface area (Å²) in [6, 6.07) is 6.58. The van der Waals surface area contributed by atoms with Crippen molar-refractivity contribution in [3.63, 3.8) is 0 Å². The van der Waals surface area contributed by atoms with Gasteiger partial charge < -0.3 is 15.1 Å². The van der Waals surface area contributed by atoms with E-state index in [2.05, 4.69) is 10.6 Å². The highest BCUT2D eigenvalue weighted by atomic mass is 32.1. The summed E-state index contributed by atoms with van der Waals surface area (Å²) in [5.41, 5.74) is 0. The molecule has 0 aromatic carbocycles. The van der Waals surface area contributed by atoms with Gasteiger partial charge in [-0.25, -0.2) is 0 Å². The van der Waals surface area contributed by atoms with Gasteiger partial charge in [-0.3, -0.25) is 9.59 Å². The molecule has 6 heteroatoms. The quantitative estimate of drug-likeness (QED) is 0.853. The number of nitrogens with one attached hydrogen (secondary N) is 2. The van der Waals surface area contributed by atoms with E-state index >= 15 is 0 Å². The minimum Gasteiger partial charge on any atom is -0.459 e. The van der Waals surface area contributed by atoms with E-state index in [1.165, 1.54) is 11.1 Å². The maximum Gasteiger partial charge on any atom is 0.287 e. The lowest BCUT2D eigenvalue weighted by Gasteiger charge is -2.13. The Balaban J connectivity index is 1.73. The van der Waals surface area contributed by atoms with Gasteiger partial charge in [0.1, 0.15) is 6.04 Å². The first-order valence-electron chi connectivity index (χ1n) is 6.31. The Morgan fingerprint density at radius 3 is 2.85 bits per heavy atom. The van der Waals surface area contributed by atoms with Gasteiger partial charge in [-0.2, -0.15) is 0 Å². The van der Waals surface area contributed by atoms with E-state index in [1.54, 1.807) is 30.4 Å². The summed E-state index contributed by atoms with van der Waals surface area (Å²) in [5.74, 6) is -0.402. The fourth-order valence-electron chi connectivity index (χ4n) is 1.66. The van der Waals surface area contributed by atoms with Gasteiger partial charge in [0.25, 0.3) is 5.91 Å². The third-order valence-electron chi connectivity index (χ3n) is 2.74. The molecule has 0 aliphatic carbocycles. The van der Waals surface area contributed by atoms with Crippen molar-refractivity contribution in [2.45, 2.75) is 19.4 Å². The zero-order chi connectivity index (χ0) is 14.4. The van der Waals surface area contributed by atoms with E-state index in [9.17, 15) is 9.59 Å². The average molecular weight is 292 g/mol. The van der Waals surface area contributed by atoms with Gasteiger partial charge in [-0.1, -0.05) is 6.07 Å². The van der Waals surface area contributed by atoms with E-state index in [-0.39, 0.29) is 11.7 Å². The highest BCUT2D eigenvalue weighted by Gasteiger charge is 2.17. The number of carbonyl (C=O) groups excluding carboxylic acids is 2. The van der Waals surface area contributed by atoms with Crippen LogP contribution in [0.25, 0.3) is 0 Å². The highest BCUT2D eigenvalue weighted by Crippen LogP contribution is 2.08. The maximum absolute atomic E-state index is 11.8. The van der Waals surface area contributed by atoms with Crippen molar-refractivity contribution in [1.29, 1.82) is 0 Å². The smallest absolute Gasteiger partial charge is 0.287 e. The van der Waals surface area contributed by atoms with Crippen LogP contribution in [0.4, 0.5) is 0 Å². The summed E-state index contributed by atoms with van der Waals surface area (Å²) < 4.78 is 4.96. The zero-order valence-corrected chi connectivity index (χ0v) is 11.9. The Hall–Kier alpha value is -2.08. The van der Waals surface area contributed by atoms with Crippen LogP contribution in [-0.2, 0) is 11.2 Å². The minimum absolute atomic E-state index is 0.197. The number of rotatable bonds is 6. The number of hydrogen-bond acceptors (Lipinski definition) is 4. The molecule has 5 nitrogen and oxygen atoms in total. The van der Waals surface area contributed by atoms with Gasteiger partial charge in [-0.05, 0) is 36.9 Å². The molecule has 0 fully saturated rings. The summed E-state index contributed by atoms with van der Waals surface area (Å²) in [4.78, 5) is 24.7. The van der Waals surface area contributed by atoms with Crippen LogP contribution in [0, 0.1) is 0 Å². The summed E-state index contributed by atoms with van der Waals surface area (Å²) in [7, 11) is 0. The third-order valence-corrected chi connectivity index (χ3v) is 3.67. The number of amides is 2. The van der Waals surface area contributed by atoms with Crippen molar-refractivity contribution in [3.05, 3.63) is 46.5 Å². The SMILES string of the molecule is C[C@@H](NC(=O)c1ccco1)C(=O)NCCc1cccs1. The molecule has 2 rings (SSSR count). The molecule has 0 saturated carbocycles. The maximum atomic E-state index is 11.8. The van der Waals surface area contributed by atoms with Crippen LogP contribution in [0.3, 0.4) is 0 Å². The summed E-state index contributed by atoms with van der Waals surface area (Å²) in [6.07, 6.45) is 2.21. The summed E-state index contributed by atoms with van der Waals surface area (Å²) >= 11 is 1.66. The van der Waals surface area contributed by atoms with Crippen LogP contribution in [0.1, 0.15) is 22.4 Å². The topological polar surface area (TPSA) is 71.3 Å². The van der Waals surface area contributed by atoms with E-state index in [1.807, 2.05) is 17.5 Å². The van der Waals surface area contributed by atoms with Crippen molar-refractivity contribution in [3.8, 4) is 0 Å². The van der Waals surface area contributed by atoms with Crippen molar-refractivity contribution >= 4 is 23.2 Å². The van der Waals surface area contributed by atoms with Crippen molar-refractivity contribution in [1.82, 2.24) is 10.6 Å². The van der Waals surface area contributed by atoms with Crippen LogP contribution >= 0.6 is 11.3 Å². The zero-order valence-electron chi connectivity index (χ0n) is 11.1. The van der Waals surface area contributed by atoms with Crippen molar-refractivity contribution < 1.29 is 14.0 Å². The van der Waals surface area contributed by atoms with E-state index in [0.717, 1.165) is 6.42 Å². The standard InChI is InChI=1S/C14H16N2O3S/c1-10(16-14(18)12-5-2-8-19-12)13(17)15-7-6-11-4-3-9-20-11/h2-5,8-10H,6-7H2,1H3,(H,15,17)(H,16,18)/t10-/m1/s1. The Morgan fingerprint density at radius 2 is 2.20 bits per heavy atom. The van der Waals surface area contributed by atoms with Gasteiger partial charge in [0.2, 0.25) is 5.91 Å². The van der Waals surface area contributed by atoms with Crippen molar-refractivity contribution in [2.75, 3.05) is 6.54 Å². The Kier molecular flexibility index (Phi) is 4.95. The summed E-state index contributed by atoms with van der Waals surface area (Å²) in [6.45, 7) is 2.20. The van der Waals surface area contributed by atoms with Crippen LogP contribution < -0.4 is 10.6 Å². The van der Waals surface area contributed by atoms with Crippen LogP contribution in [0.2, 0.25) is 0 Å². The molecule has 2 heterocycles. The first-order chi connectivity index (χ1) is 9.66. The number of hydrogen-bond donors (Lipinski definition) is 2. The highest BCUT2D eigenvalue weighted by molar-refractivity contribution is 7.09. The van der Waals surface area contributed by atoms with Gasteiger partial charge >= 0.3 is 0 Å². The molecule has 0 spiro atoms. The average Bonchev–Trinajstić information content (AvgIpc) is 3.11. The molecule has 106 valence electrons. The molecule has 0 aliphatic heterocycles. The number of furan rings is 1. The van der Waals surface area contributed by atoms with Crippen LogP contribution in [0.15, 0.2) is 40.3 Å². The Labute approximate surface area is 121 Å². The van der Waals surface area contributed by atoms with Gasteiger partial charge in [0.05, 0.1) is 6.26 Å². The fourth-order valence-corrected chi connectivity index (χ4v) is 2.37. The molecule has 2 aromatic heterocycles. The Bertz CT molecular complexity index is 549. The van der Waals surface area contributed by atoms with E-state index in [0.29, 0.717) is 6.54 Å². The van der Waals surface area contributed by atoms with Gasteiger partial charge in [-0.15, -0.1) is 11.3 Å². The lowest BCUT2D eigenvalue weighted by atomic mass is 10.2. The minimum atomic E-state index is -0.601. The normalized spacial score (nSPS) is 11.8. The first kappa shape index (κ1) is 14.3. The predicted molar refractivity (Wildman–Crippen MR) is 76.7 cm³/mol. The Morgan fingerprint density at radius 1 is 1.35 bits per heavy atom. The van der Waals surface area contributed by atoms with Crippen molar-refractivity contribution in [2.24, 2.45) is 0 Å². The lowest BCUT2D eigenvalue weighted by molar-refractivity contribution is -0.122. The molecule has 0 radical (unpaired) electrons. The lowest BCUT2D eigenvalue weighted by Crippen LogP contribution is -2.45. The molecule has 0 aliphatic rings. The molecule has 0 saturated heterocycles. The molecule has 1 atom stereocenters. The van der Waals surface area contributed by atoms with Crippen LogP contribution in [-0.4, -0.2) is 24.4 Å². The third kappa shape index (κ3) is 3.96. The molecular formula is C14H16N2O3S. The second kappa shape index (κ2) is 6.91. The number of thiophene rings is 1. The number of carbonyl (C=O) groups is 2. The molecule has 0 bridgehead atoms. The summed E-state index contributed by atoms with van der Waals surface area (Å²) in [5, 5.41) is 7.38. The second-order valence-corrected chi connectivity index (χ2v) is 5.33.